The normalized spacial score (nSPS) is 14.2. The number of carbonyl (C=O) groups is 3. The van der Waals surface area contributed by atoms with Crippen molar-refractivity contribution in [3.8, 4) is 73.6 Å². The summed E-state index contributed by atoms with van der Waals surface area (Å²) in [5.41, 5.74) is 17.9. The Morgan fingerprint density at radius 3 is 1.06 bits per heavy atom. The van der Waals surface area contributed by atoms with Crippen LogP contribution in [-0.4, -0.2) is 78.8 Å². The van der Waals surface area contributed by atoms with E-state index in [4.69, 9.17) is 18.6 Å². The molecule has 24 heteroatoms. The number of amides is 3. The van der Waals surface area contributed by atoms with Crippen molar-refractivity contribution >= 4 is 73.1 Å². The SMILES string of the molecule is CC1CCC(Cc2ccc3c(c2)CN(C(=O)Oc2ccc(-c4n[nH]c(=O)c5ccccc45)cc2)C3)CC1.Cc1ccc2c(c1)CN(C(=O)Oc1ccc(-c3n[nH]c(=O)c4ccccc34)cc1)C2.Cc1ccc2c(c1)CN(C(=O)Oc1ccc(-c3n[nH]c(=O)c4ccccc34)cc1)C2.O=c1[nH]nc(-c2ccc(Nc3ncc(-c4ccccc4)o3)cc2)c2ccccc12. The number of H-pyrrole nitrogens is 4. The van der Waals surface area contributed by atoms with Gasteiger partial charge in [0, 0.05) is 94.3 Å². The lowest BCUT2D eigenvalue weighted by Crippen LogP contribution is -2.28. The highest BCUT2D eigenvalue weighted by atomic mass is 16.6. The van der Waals surface area contributed by atoms with E-state index in [9.17, 15) is 33.6 Å². The van der Waals surface area contributed by atoms with Gasteiger partial charge in [-0.3, -0.25) is 33.9 Å². The lowest BCUT2D eigenvalue weighted by atomic mass is 9.80. The van der Waals surface area contributed by atoms with Crippen LogP contribution in [0.15, 0.2) is 309 Å². The monoisotopic (exact) mass is 1670 g/mol. The molecule has 126 heavy (non-hydrogen) atoms. The van der Waals surface area contributed by atoms with Crippen LogP contribution >= 0.6 is 0 Å². The second-order valence-electron chi connectivity index (χ2n) is 32.1. The smallest absolute Gasteiger partial charge is 0.415 e. The molecule has 12 aromatic carbocycles. The highest BCUT2D eigenvalue weighted by Gasteiger charge is 2.30. The summed E-state index contributed by atoms with van der Waals surface area (Å²) in [5.74, 6) is 3.75. The van der Waals surface area contributed by atoms with Gasteiger partial charge in [-0.15, -0.1) is 0 Å². The van der Waals surface area contributed by atoms with Gasteiger partial charge in [0.05, 0.1) is 50.5 Å². The highest BCUT2D eigenvalue weighted by molar-refractivity contribution is 5.97. The van der Waals surface area contributed by atoms with Gasteiger partial charge in [0.1, 0.15) is 17.2 Å². The van der Waals surface area contributed by atoms with Crippen molar-refractivity contribution < 1.29 is 33.0 Å². The van der Waals surface area contributed by atoms with Crippen molar-refractivity contribution in [1.29, 1.82) is 0 Å². The summed E-state index contributed by atoms with van der Waals surface area (Å²) in [6.07, 6.45) is 7.07. The van der Waals surface area contributed by atoms with E-state index in [0.717, 1.165) is 90.1 Å². The third kappa shape index (κ3) is 18.0. The van der Waals surface area contributed by atoms with Crippen LogP contribution in [0.3, 0.4) is 0 Å². The Labute approximate surface area is 722 Å². The minimum atomic E-state index is -0.371. The summed E-state index contributed by atoms with van der Waals surface area (Å²) < 4.78 is 22.6. The molecule has 1 fully saturated rings. The number of aryl methyl sites for hydroxylation is 2. The van der Waals surface area contributed by atoms with Crippen LogP contribution < -0.4 is 41.8 Å². The van der Waals surface area contributed by atoms with E-state index in [2.05, 4.69) is 113 Å². The number of aromatic amines is 4. The molecule has 17 aromatic rings. The highest BCUT2D eigenvalue weighted by Crippen LogP contribution is 2.37. The van der Waals surface area contributed by atoms with E-state index in [1.54, 1.807) is 81.6 Å². The fraction of sp³-hybridized carbons (Fsp3) is 0.157. The molecule has 8 heterocycles. The average Bonchev–Trinajstić information content (AvgIpc) is 1.34. The maximum atomic E-state index is 12.9. The molecular weight excluding hydrogens is 1580 g/mol. The molecule has 3 aliphatic heterocycles. The molecule has 1 saturated carbocycles. The summed E-state index contributed by atoms with van der Waals surface area (Å²) in [7, 11) is 0. The minimum absolute atomic E-state index is 0.194. The number of oxazole rings is 1. The second-order valence-corrected chi connectivity index (χ2v) is 32.1. The number of hydrogen-bond acceptors (Lipinski definition) is 17. The van der Waals surface area contributed by atoms with Gasteiger partial charge in [-0.1, -0.05) is 201 Å². The molecule has 0 spiro atoms. The van der Waals surface area contributed by atoms with Crippen molar-refractivity contribution in [1.82, 2.24) is 60.5 Å². The summed E-state index contributed by atoms with van der Waals surface area (Å²) in [6.45, 7) is 9.82. The van der Waals surface area contributed by atoms with Crippen molar-refractivity contribution in [2.75, 3.05) is 5.32 Å². The zero-order chi connectivity index (χ0) is 86.3. The average molecular weight is 1670 g/mol. The Morgan fingerprint density at radius 1 is 0.365 bits per heavy atom. The molecule has 0 saturated heterocycles. The maximum Gasteiger partial charge on any atom is 0.415 e. The van der Waals surface area contributed by atoms with Crippen molar-refractivity contribution in [3.05, 3.63) is 377 Å². The van der Waals surface area contributed by atoms with Gasteiger partial charge in [0.15, 0.2) is 5.76 Å². The van der Waals surface area contributed by atoms with Crippen LogP contribution in [0.25, 0.3) is 99.4 Å². The topological polar surface area (TPSA) is 310 Å². The van der Waals surface area contributed by atoms with Gasteiger partial charge in [-0.2, -0.15) is 20.4 Å². The molecule has 4 aliphatic rings. The number of hydrogen-bond donors (Lipinski definition) is 5. The Kier molecular flexibility index (Phi) is 23.1. The number of fused-ring (bicyclic) bond motifs is 7. The van der Waals surface area contributed by atoms with E-state index in [0.29, 0.717) is 107 Å². The predicted octanol–water partition coefficient (Wildman–Crippen LogP) is 20.3. The first-order chi connectivity index (χ1) is 61.5. The molecule has 1 aliphatic carbocycles. The van der Waals surface area contributed by atoms with Crippen LogP contribution in [0.1, 0.15) is 82.7 Å². The Bertz CT molecular complexity index is 7000. The van der Waals surface area contributed by atoms with Crippen LogP contribution in [0, 0.1) is 25.7 Å². The lowest BCUT2D eigenvalue weighted by Gasteiger charge is -2.26. The third-order valence-corrected chi connectivity index (χ3v) is 23.4. The molecule has 24 nitrogen and oxygen atoms in total. The molecule has 3 amide bonds. The molecular formula is C102H85N13O11. The van der Waals surface area contributed by atoms with E-state index in [1.165, 1.54) is 64.6 Å². The zero-order valence-corrected chi connectivity index (χ0v) is 69.1. The van der Waals surface area contributed by atoms with E-state index in [-0.39, 0.29) is 40.5 Å². The molecule has 0 radical (unpaired) electrons. The molecule has 5 N–H and O–H groups in total. The molecule has 5 aromatic heterocycles. The number of rotatable bonds is 12. The van der Waals surface area contributed by atoms with Crippen molar-refractivity contribution in [2.24, 2.45) is 11.8 Å². The first-order valence-corrected chi connectivity index (χ1v) is 41.8. The standard InChI is InChI=1S/C31H31N3O3.2C24H19N3O3.C23H16N4O2/c1-20-6-8-21(9-7-20)16-22-10-11-24-18-34(19-25(24)17-22)31(36)37-26-14-12-23(13-15-26)29-27-4-2-3-5-28(27)30(35)33-32-29;2*1-15-6-7-17-13-27(14-18(17)12-15)24(29)30-19-10-8-16(9-11-19)22-20-4-2-3-5-21(20)23(28)26-25-22;28-22-19-9-5-4-8-18(19)21(26-27-22)16-10-12-17(13-11-16)25-23-24-14-20(29-23)15-6-2-1-3-7-15/h2-5,10-15,17,20-21H,6-9,16,18-19H2,1H3,(H,33,35);2*2-12H,13-14H2,1H3,(H,26,28);1-14H,(H,24,25)(H,27,28). The lowest BCUT2D eigenvalue weighted by molar-refractivity contribution is 0.151. The molecule has 0 atom stereocenters. The van der Waals surface area contributed by atoms with Gasteiger partial charge in [0.2, 0.25) is 0 Å². The number of nitrogens with zero attached hydrogens (tertiary/aromatic N) is 8. The largest absolute Gasteiger partial charge is 0.423 e. The van der Waals surface area contributed by atoms with E-state index < -0.39 is 0 Å². The summed E-state index contributed by atoms with van der Waals surface area (Å²) >= 11 is 0. The Balaban J connectivity index is 0.000000114. The maximum absolute atomic E-state index is 12.9. The summed E-state index contributed by atoms with van der Waals surface area (Å²) in [5, 5.41) is 35.8. The number of carbonyl (C=O) groups excluding carboxylic acids is 3. The van der Waals surface area contributed by atoms with E-state index >= 15 is 0 Å². The quantitative estimate of drug-likeness (QED) is 0.0759. The third-order valence-electron chi connectivity index (χ3n) is 23.4. The Morgan fingerprint density at radius 2 is 0.690 bits per heavy atom. The van der Waals surface area contributed by atoms with Crippen molar-refractivity contribution in [2.45, 2.75) is 92.1 Å². The van der Waals surface area contributed by atoms with Crippen LogP contribution in [0.5, 0.6) is 17.2 Å². The fourth-order valence-corrected chi connectivity index (χ4v) is 16.7. The summed E-state index contributed by atoms with van der Waals surface area (Å²) in [6, 6.07) is 88.1. The van der Waals surface area contributed by atoms with Gasteiger partial charge in [-0.25, -0.2) is 39.8 Å². The van der Waals surface area contributed by atoms with E-state index in [1.807, 2.05) is 178 Å². The first-order valence-electron chi connectivity index (χ1n) is 41.8. The van der Waals surface area contributed by atoms with Crippen LogP contribution in [0.2, 0.25) is 0 Å². The number of nitrogens with one attached hydrogen (secondary N) is 5. The molecule has 0 unspecified atom stereocenters. The van der Waals surface area contributed by atoms with Gasteiger partial charge in [0.25, 0.3) is 28.3 Å². The summed E-state index contributed by atoms with van der Waals surface area (Å²) in [4.78, 5) is 95.6. The molecule has 624 valence electrons. The fourth-order valence-electron chi connectivity index (χ4n) is 16.7. The van der Waals surface area contributed by atoms with Gasteiger partial charge >= 0.3 is 18.3 Å². The predicted molar refractivity (Wildman–Crippen MR) is 486 cm³/mol. The van der Waals surface area contributed by atoms with Crippen LogP contribution in [-0.2, 0) is 45.7 Å². The van der Waals surface area contributed by atoms with Gasteiger partial charge in [-0.05, 0) is 193 Å². The van der Waals surface area contributed by atoms with Gasteiger partial charge < -0.3 is 23.9 Å². The van der Waals surface area contributed by atoms with Crippen molar-refractivity contribution in [3.63, 3.8) is 0 Å². The number of aromatic nitrogens is 9. The molecule has 0 bridgehead atoms. The zero-order valence-electron chi connectivity index (χ0n) is 69.1. The number of ether oxygens (including phenoxy) is 3. The van der Waals surface area contributed by atoms with Crippen LogP contribution in [0.4, 0.5) is 26.1 Å². The number of benzene rings is 12. The Hall–Kier alpha value is -16.0. The number of anilines is 2. The second kappa shape index (κ2) is 36.0. The molecule has 21 rings (SSSR count). The minimum Gasteiger partial charge on any atom is -0.423 e. The first kappa shape index (κ1) is 81.0.